The largest absolute Gasteiger partial charge is 0.497 e. The lowest BCUT2D eigenvalue weighted by Gasteiger charge is -2.33. The van der Waals surface area contributed by atoms with Gasteiger partial charge in [-0.25, -0.2) is 0 Å². The van der Waals surface area contributed by atoms with Gasteiger partial charge in [0.25, 0.3) is 0 Å². The van der Waals surface area contributed by atoms with Gasteiger partial charge in [0.15, 0.2) is 0 Å². The molecule has 3 heteroatoms. The van der Waals surface area contributed by atoms with E-state index in [-0.39, 0.29) is 0 Å². The first-order valence-corrected chi connectivity index (χ1v) is 8.81. The maximum atomic E-state index is 5.37. The summed E-state index contributed by atoms with van der Waals surface area (Å²) < 4.78 is 10.6. The minimum Gasteiger partial charge on any atom is -0.497 e. The van der Waals surface area contributed by atoms with Crippen molar-refractivity contribution >= 4 is 11.8 Å². The summed E-state index contributed by atoms with van der Waals surface area (Å²) in [5, 5.41) is 0. The van der Waals surface area contributed by atoms with E-state index in [0.29, 0.717) is 11.8 Å². The first-order valence-electron chi connectivity index (χ1n) is 7.82. The number of ether oxygens (including phenoxy) is 2. The predicted octanol–water partition coefficient (Wildman–Crippen LogP) is 5.25. The molecule has 23 heavy (non-hydrogen) atoms. The number of rotatable bonds is 5. The summed E-state index contributed by atoms with van der Waals surface area (Å²) in [5.74, 6) is 3.86. The van der Waals surface area contributed by atoms with Crippen molar-refractivity contribution in [3.05, 3.63) is 66.2 Å². The third-order valence-electron chi connectivity index (χ3n) is 4.49. The van der Waals surface area contributed by atoms with Gasteiger partial charge in [0, 0.05) is 16.6 Å². The number of hydrogen-bond donors (Lipinski definition) is 0. The second kappa shape index (κ2) is 7.14. The van der Waals surface area contributed by atoms with Gasteiger partial charge in [-0.15, -0.1) is 18.3 Å². The van der Waals surface area contributed by atoms with E-state index in [9.17, 15) is 0 Å². The Balaban J connectivity index is 1.95. The standard InChI is InChI=1S/C20H22O2S/c1-4-5-17-18-11-10-16(22-3)12-20(18)23-13-19(17)14-6-8-15(21-2)9-7-14/h4,6-12,17,19H,1,5,13H2,2-3H3. The van der Waals surface area contributed by atoms with Crippen LogP contribution in [-0.2, 0) is 0 Å². The fraction of sp³-hybridized carbons (Fsp3) is 0.300. The molecular formula is C20H22O2S. The maximum Gasteiger partial charge on any atom is 0.119 e. The van der Waals surface area contributed by atoms with Crippen LogP contribution in [0.5, 0.6) is 11.5 Å². The van der Waals surface area contributed by atoms with Crippen molar-refractivity contribution in [3.63, 3.8) is 0 Å². The van der Waals surface area contributed by atoms with Crippen LogP contribution in [0.25, 0.3) is 0 Å². The fourth-order valence-corrected chi connectivity index (χ4v) is 4.61. The Bertz CT molecular complexity index is 679. The van der Waals surface area contributed by atoms with Crippen LogP contribution in [0.4, 0.5) is 0 Å². The van der Waals surface area contributed by atoms with Gasteiger partial charge in [-0.1, -0.05) is 24.3 Å². The number of thioether (sulfide) groups is 1. The highest BCUT2D eigenvalue weighted by atomic mass is 32.2. The molecule has 0 bridgehead atoms. The molecule has 0 radical (unpaired) electrons. The van der Waals surface area contributed by atoms with Gasteiger partial charge in [0.1, 0.15) is 11.5 Å². The monoisotopic (exact) mass is 326 g/mol. The molecule has 0 N–H and O–H groups in total. The van der Waals surface area contributed by atoms with Crippen LogP contribution < -0.4 is 9.47 Å². The molecule has 120 valence electrons. The summed E-state index contributed by atoms with van der Waals surface area (Å²) in [7, 11) is 3.42. The molecule has 1 aliphatic rings. The summed E-state index contributed by atoms with van der Waals surface area (Å²) in [6, 6.07) is 14.9. The molecule has 3 rings (SSSR count). The first kappa shape index (κ1) is 16.0. The molecule has 0 saturated carbocycles. The Morgan fingerprint density at radius 1 is 1.09 bits per heavy atom. The van der Waals surface area contributed by atoms with Crippen molar-refractivity contribution in [1.82, 2.24) is 0 Å². The van der Waals surface area contributed by atoms with Crippen molar-refractivity contribution in [1.29, 1.82) is 0 Å². The van der Waals surface area contributed by atoms with Crippen molar-refractivity contribution in [2.45, 2.75) is 23.2 Å². The van der Waals surface area contributed by atoms with Crippen LogP contribution in [0.2, 0.25) is 0 Å². The van der Waals surface area contributed by atoms with Gasteiger partial charge in [-0.2, -0.15) is 0 Å². The fourth-order valence-electron chi connectivity index (χ4n) is 3.24. The van der Waals surface area contributed by atoms with Gasteiger partial charge in [0.2, 0.25) is 0 Å². The van der Waals surface area contributed by atoms with Crippen LogP contribution in [0.15, 0.2) is 60.0 Å². The number of benzene rings is 2. The summed E-state index contributed by atoms with van der Waals surface area (Å²) in [5.41, 5.74) is 2.77. The number of methoxy groups -OCH3 is 2. The smallest absolute Gasteiger partial charge is 0.119 e. The van der Waals surface area contributed by atoms with Crippen LogP contribution in [0.1, 0.15) is 29.4 Å². The van der Waals surface area contributed by atoms with E-state index < -0.39 is 0 Å². The highest BCUT2D eigenvalue weighted by Gasteiger charge is 2.30. The molecule has 2 unspecified atom stereocenters. The second-order valence-electron chi connectivity index (χ2n) is 5.73. The van der Waals surface area contributed by atoms with E-state index in [1.165, 1.54) is 16.0 Å². The second-order valence-corrected chi connectivity index (χ2v) is 6.79. The van der Waals surface area contributed by atoms with E-state index in [1.807, 2.05) is 17.8 Å². The Hall–Kier alpha value is -1.87. The van der Waals surface area contributed by atoms with Crippen molar-refractivity contribution < 1.29 is 9.47 Å². The van der Waals surface area contributed by atoms with Crippen LogP contribution in [0, 0.1) is 0 Å². The van der Waals surface area contributed by atoms with Crippen LogP contribution in [0.3, 0.4) is 0 Å². The number of hydrogen-bond acceptors (Lipinski definition) is 3. The van der Waals surface area contributed by atoms with Gasteiger partial charge < -0.3 is 9.47 Å². The topological polar surface area (TPSA) is 18.5 Å². The minimum atomic E-state index is 0.461. The molecule has 2 atom stereocenters. The Labute approximate surface area is 142 Å². The molecule has 0 saturated heterocycles. The van der Waals surface area contributed by atoms with Crippen LogP contribution >= 0.6 is 11.8 Å². The molecule has 0 spiro atoms. The average Bonchev–Trinajstić information content (AvgIpc) is 2.62. The van der Waals surface area contributed by atoms with Gasteiger partial charge >= 0.3 is 0 Å². The predicted molar refractivity (Wildman–Crippen MR) is 97.0 cm³/mol. The number of fused-ring (bicyclic) bond motifs is 1. The molecule has 0 fully saturated rings. The van der Waals surface area contributed by atoms with Crippen molar-refractivity contribution in [3.8, 4) is 11.5 Å². The molecule has 0 aliphatic carbocycles. The van der Waals surface area contributed by atoms with E-state index in [4.69, 9.17) is 9.47 Å². The molecule has 2 aromatic carbocycles. The zero-order valence-corrected chi connectivity index (χ0v) is 14.4. The van der Waals surface area contributed by atoms with Crippen molar-refractivity contribution in [2.75, 3.05) is 20.0 Å². The molecular weight excluding hydrogens is 304 g/mol. The first-order chi connectivity index (χ1) is 11.3. The van der Waals surface area contributed by atoms with Gasteiger partial charge in [-0.05, 0) is 47.7 Å². The van der Waals surface area contributed by atoms with Gasteiger partial charge in [-0.3, -0.25) is 0 Å². The van der Waals surface area contributed by atoms with E-state index in [1.54, 1.807) is 14.2 Å². The average molecular weight is 326 g/mol. The normalized spacial score (nSPS) is 19.7. The molecule has 1 aliphatic heterocycles. The van der Waals surface area contributed by atoms with E-state index in [2.05, 4.69) is 49.0 Å². The lowest BCUT2D eigenvalue weighted by Crippen LogP contribution is -2.18. The summed E-state index contributed by atoms with van der Waals surface area (Å²) in [4.78, 5) is 1.33. The minimum absolute atomic E-state index is 0.461. The summed E-state index contributed by atoms with van der Waals surface area (Å²) in [6.07, 6.45) is 3.02. The quantitative estimate of drug-likeness (QED) is 0.699. The molecule has 0 aromatic heterocycles. The Morgan fingerprint density at radius 3 is 2.43 bits per heavy atom. The lowest BCUT2D eigenvalue weighted by atomic mass is 9.80. The maximum absolute atomic E-state index is 5.37. The summed E-state index contributed by atoms with van der Waals surface area (Å²) >= 11 is 1.92. The summed E-state index contributed by atoms with van der Waals surface area (Å²) in [6.45, 7) is 3.97. The zero-order chi connectivity index (χ0) is 16.2. The Morgan fingerprint density at radius 2 is 1.78 bits per heavy atom. The highest BCUT2D eigenvalue weighted by molar-refractivity contribution is 7.99. The molecule has 2 aromatic rings. The van der Waals surface area contributed by atoms with Crippen LogP contribution in [-0.4, -0.2) is 20.0 Å². The SMILES string of the molecule is C=CCC1c2ccc(OC)cc2SCC1c1ccc(OC)cc1. The van der Waals surface area contributed by atoms with Gasteiger partial charge in [0.05, 0.1) is 14.2 Å². The van der Waals surface area contributed by atoms with E-state index >= 15 is 0 Å². The number of allylic oxidation sites excluding steroid dienone is 1. The molecule has 1 heterocycles. The third-order valence-corrected chi connectivity index (χ3v) is 5.68. The lowest BCUT2D eigenvalue weighted by molar-refractivity contribution is 0.412. The zero-order valence-electron chi connectivity index (χ0n) is 13.6. The Kier molecular flexibility index (Phi) is 4.97. The van der Waals surface area contributed by atoms with Crippen molar-refractivity contribution in [2.24, 2.45) is 0 Å². The third kappa shape index (κ3) is 3.25. The van der Waals surface area contributed by atoms with E-state index in [0.717, 1.165) is 23.7 Å². The highest BCUT2D eigenvalue weighted by Crippen LogP contribution is 2.48. The molecule has 0 amide bonds. The molecule has 2 nitrogen and oxygen atoms in total.